The molecule has 0 saturated carbocycles. The number of ketones is 1. The molecule has 0 heterocycles. The average molecular weight is 423 g/mol. The van der Waals surface area contributed by atoms with E-state index >= 15 is 0 Å². The molecule has 0 aliphatic heterocycles. The SMILES string of the molecule is CC(=O)Oc1ccc(C(=O)NNC(=O)[C@H](C#N)C(=O)c2ccc(OC(C)=O)cc2)cc1. The Balaban J connectivity index is 1.98. The summed E-state index contributed by atoms with van der Waals surface area (Å²) in [4.78, 5) is 58.6. The molecule has 10 nitrogen and oxygen atoms in total. The molecular weight excluding hydrogens is 406 g/mol. The molecule has 2 aromatic rings. The third-order valence-electron chi connectivity index (χ3n) is 3.73. The molecule has 0 radical (unpaired) electrons. The van der Waals surface area contributed by atoms with E-state index in [1.165, 1.54) is 62.4 Å². The van der Waals surface area contributed by atoms with Gasteiger partial charge in [-0.2, -0.15) is 5.26 Å². The number of nitriles is 1. The molecule has 0 aliphatic rings. The van der Waals surface area contributed by atoms with Gasteiger partial charge >= 0.3 is 11.9 Å². The topological polar surface area (TPSA) is 152 Å². The van der Waals surface area contributed by atoms with Crippen LogP contribution in [0.4, 0.5) is 0 Å². The first-order chi connectivity index (χ1) is 14.7. The van der Waals surface area contributed by atoms with Crippen molar-refractivity contribution in [2.75, 3.05) is 0 Å². The van der Waals surface area contributed by atoms with Crippen molar-refractivity contribution in [3.63, 3.8) is 0 Å². The van der Waals surface area contributed by atoms with Crippen molar-refractivity contribution in [3.05, 3.63) is 59.7 Å². The lowest BCUT2D eigenvalue weighted by molar-refractivity contribution is -0.132. The van der Waals surface area contributed by atoms with Gasteiger partial charge in [-0.05, 0) is 48.5 Å². The van der Waals surface area contributed by atoms with Crippen molar-refractivity contribution in [2.45, 2.75) is 13.8 Å². The molecule has 0 aromatic heterocycles. The third kappa shape index (κ3) is 6.50. The van der Waals surface area contributed by atoms with Crippen LogP contribution >= 0.6 is 0 Å². The lowest BCUT2D eigenvalue weighted by Gasteiger charge is -2.11. The van der Waals surface area contributed by atoms with Gasteiger partial charge in [0.25, 0.3) is 11.8 Å². The number of amides is 2. The van der Waals surface area contributed by atoms with Crippen LogP contribution in [0.15, 0.2) is 48.5 Å². The zero-order valence-electron chi connectivity index (χ0n) is 16.5. The van der Waals surface area contributed by atoms with Gasteiger partial charge in [-0.1, -0.05) is 0 Å². The summed E-state index contributed by atoms with van der Waals surface area (Å²) < 4.78 is 9.70. The number of esters is 2. The second kappa shape index (κ2) is 10.3. The van der Waals surface area contributed by atoms with E-state index in [0.29, 0.717) is 0 Å². The fourth-order valence-electron chi connectivity index (χ4n) is 2.36. The van der Waals surface area contributed by atoms with E-state index in [2.05, 4.69) is 5.43 Å². The molecule has 10 heteroatoms. The quantitative estimate of drug-likeness (QED) is 0.232. The minimum Gasteiger partial charge on any atom is -0.427 e. The molecule has 2 rings (SSSR count). The Morgan fingerprint density at radius 3 is 1.65 bits per heavy atom. The second-order valence-corrected chi connectivity index (χ2v) is 6.11. The van der Waals surface area contributed by atoms with Gasteiger partial charge in [0.2, 0.25) is 0 Å². The summed E-state index contributed by atoms with van der Waals surface area (Å²) in [6.45, 7) is 2.45. The zero-order valence-corrected chi connectivity index (χ0v) is 16.5. The number of nitrogens with one attached hydrogen (secondary N) is 2. The van der Waals surface area contributed by atoms with Crippen molar-refractivity contribution in [1.82, 2.24) is 10.9 Å². The summed E-state index contributed by atoms with van der Waals surface area (Å²) in [5.74, 6) is -4.86. The van der Waals surface area contributed by atoms with Crippen LogP contribution < -0.4 is 20.3 Å². The molecule has 2 N–H and O–H groups in total. The standard InChI is InChI=1S/C21H17N3O7/c1-12(25)30-16-7-3-14(4-8-16)19(27)18(11-22)21(29)24-23-20(28)15-5-9-17(10-6-15)31-13(2)26/h3-10,18H,1-2H3,(H,23,28)(H,24,29)/t18-/m1/s1. The Morgan fingerprint density at radius 1 is 0.774 bits per heavy atom. The van der Waals surface area contributed by atoms with Crippen molar-refractivity contribution in [2.24, 2.45) is 5.92 Å². The average Bonchev–Trinajstić information content (AvgIpc) is 2.72. The van der Waals surface area contributed by atoms with Crippen molar-refractivity contribution < 1.29 is 33.4 Å². The minimum absolute atomic E-state index is 0.0463. The molecule has 0 bridgehead atoms. The highest BCUT2D eigenvalue weighted by Crippen LogP contribution is 2.16. The van der Waals surface area contributed by atoms with E-state index in [0.717, 1.165) is 0 Å². The summed E-state index contributed by atoms with van der Waals surface area (Å²) in [6.07, 6.45) is 0. The van der Waals surface area contributed by atoms with Crippen LogP contribution in [0.1, 0.15) is 34.6 Å². The molecule has 1 atom stereocenters. The van der Waals surface area contributed by atoms with Gasteiger partial charge in [-0.3, -0.25) is 34.8 Å². The Labute approximate surface area is 176 Å². The summed E-state index contributed by atoms with van der Waals surface area (Å²) in [5.41, 5.74) is 4.32. The zero-order chi connectivity index (χ0) is 23.0. The number of hydrogen-bond acceptors (Lipinski definition) is 8. The van der Waals surface area contributed by atoms with Crippen molar-refractivity contribution >= 4 is 29.5 Å². The van der Waals surface area contributed by atoms with Gasteiger partial charge in [0.1, 0.15) is 11.5 Å². The molecule has 158 valence electrons. The number of Topliss-reactive ketones (excluding diaryl/α,β-unsaturated/α-hetero) is 1. The summed E-state index contributed by atoms with van der Waals surface area (Å²) in [5, 5.41) is 9.23. The van der Waals surface area contributed by atoms with Gasteiger partial charge in [0.15, 0.2) is 11.7 Å². The van der Waals surface area contributed by atoms with Crippen LogP contribution in [0, 0.1) is 17.2 Å². The number of carbonyl (C=O) groups is 5. The molecule has 0 spiro atoms. The summed E-state index contributed by atoms with van der Waals surface area (Å²) in [7, 11) is 0. The molecule has 0 unspecified atom stereocenters. The van der Waals surface area contributed by atoms with Gasteiger partial charge in [-0.25, -0.2) is 0 Å². The first-order valence-corrected chi connectivity index (χ1v) is 8.82. The lowest BCUT2D eigenvalue weighted by atomic mass is 9.98. The maximum atomic E-state index is 12.4. The number of benzene rings is 2. The van der Waals surface area contributed by atoms with E-state index in [9.17, 15) is 29.2 Å². The molecule has 0 fully saturated rings. The maximum Gasteiger partial charge on any atom is 0.308 e. The van der Waals surface area contributed by atoms with E-state index in [1.54, 1.807) is 6.07 Å². The smallest absolute Gasteiger partial charge is 0.308 e. The Bertz CT molecular complexity index is 1050. The summed E-state index contributed by atoms with van der Waals surface area (Å²) >= 11 is 0. The van der Waals surface area contributed by atoms with Crippen LogP contribution in [0.25, 0.3) is 0 Å². The number of ether oxygens (including phenoxy) is 2. The normalized spacial score (nSPS) is 10.7. The fourth-order valence-corrected chi connectivity index (χ4v) is 2.36. The van der Waals surface area contributed by atoms with Gasteiger partial charge < -0.3 is 9.47 Å². The van der Waals surface area contributed by atoms with E-state index in [4.69, 9.17) is 9.47 Å². The molecular formula is C21H17N3O7. The third-order valence-corrected chi connectivity index (χ3v) is 3.73. The predicted octanol–water partition coefficient (Wildman–Crippen LogP) is 1.32. The van der Waals surface area contributed by atoms with Gasteiger partial charge in [0.05, 0.1) is 6.07 Å². The number of nitrogens with zero attached hydrogens (tertiary/aromatic N) is 1. The molecule has 31 heavy (non-hydrogen) atoms. The van der Waals surface area contributed by atoms with E-state index < -0.39 is 35.5 Å². The Morgan fingerprint density at radius 2 is 1.23 bits per heavy atom. The van der Waals surface area contributed by atoms with Crippen LogP contribution in [0.2, 0.25) is 0 Å². The number of hydrogen-bond donors (Lipinski definition) is 2. The van der Waals surface area contributed by atoms with Gasteiger partial charge in [-0.15, -0.1) is 0 Å². The number of carbonyl (C=O) groups excluding carboxylic acids is 5. The Kier molecular flexibility index (Phi) is 7.57. The monoisotopic (exact) mass is 423 g/mol. The highest BCUT2D eigenvalue weighted by Gasteiger charge is 2.28. The van der Waals surface area contributed by atoms with Crippen LogP contribution in [0.3, 0.4) is 0 Å². The Hall–Kier alpha value is -4.52. The highest BCUT2D eigenvalue weighted by molar-refractivity contribution is 6.12. The summed E-state index contributed by atoms with van der Waals surface area (Å²) in [6, 6.07) is 12.4. The van der Waals surface area contributed by atoms with E-state index in [1.807, 2.05) is 5.43 Å². The number of hydrazine groups is 1. The maximum absolute atomic E-state index is 12.4. The second-order valence-electron chi connectivity index (χ2n) is 6.11. The van der Waals surface area contributed by atoms with Crippen molar-refractivity contribution in [1.29, 1.82) is 5.26 Å². The molecule has 2 aromatic carbocycles. The van der Waals surface area contributed by atoms with Crippen LogP contribution in [0.5, 0.6) is 11.5 Å². The fraction of sp³-hybridized carbons (Fsp3) is 0.143. The van der Waals surface area contributed by atoms with Crippen LogP contribution in [-0.4, -0.2) is 29.5 Å². The molecule has 0 aliphatic carbocycles. The first-order valence-electron chi connectivity index (χ1n) is 8.82. The van der Waals surface area contributed by atoms with E-state index in [-0.39, 0.29) is 22.6 Å². The number of rotatable bonds is 6. The minimum atomic E-state index is -1.72. The van der Waals surface area contributed by atoms with Crippen LogP contribution in [-0.2, 0) is 14.4 Å². The van der Waals surface area contributed by atoms with Crippen molar-refractivity contribution in [3.8, 4) is 17.6 Å². The highest BCUT2D eigenvalue weighted by atomic mass is 16.5. The molecule has 2 amide bonds. The molecule has 0 saturated heterocycles. The lowest BCUT2D eigenvalue weighted by Crippen LogP contribution is -2.46. The van der Waals surface area contributed by atoms with Gasteiger partial charge in [0, 0.05) is 25.0 Å². The largest absolute Gasteiger partial charge is 0.427 e. The predicted molar refractivity (Wildman–Crippen MR) is 105 cm³/mol. The first kappa shape index (κ1) is 22.8.